The zero-order chi connectivity index (χ0) is 12.8. The maximum absolute atomic E-state index is 11.9. The van der Waals surface area contributed by atoms with Gasteiger partial charge in [0.05, 0.1) is 6.42 Å². The number of rotatable bonds is 5. The molecule has 1 aliphatic carbocycles. The Labute approximate surface area is 108 Å². The Morgan fingerprint density at radius 1 is 1.00 bits per heavy atom. The van der Waals surface area contributed by atoms with Crippen molar-refractivity contribution in [2.75, 3.05) is 0 Å². The van der Waals surface area contributed by atoms with Crippen LogP contribution < -0.4 is 0 Å². The molecule has 1 fully saturated rings. The monoisotopic (exact) mass is 244 g/mol. The second-order valence-electron chi connectivity index (χ2n) is 5.21. The van der Waals surface area contributed by atoms with Gasteiger partial charge in [0.1, 0.15) is 5.78 Å². The summed E-state index contributed by atoms with van der Waals surface area (Å²) in [7, 11) is 0. The molecular weight excluding hydrogens is 224 g/mol. The maximum atomic E-state index is 11.9. The van der Waals surface area contributed by atoms with Crippen molar-refractivity contribution in [2.45, 2.75) is 44.9 Å². The summed E-state index contributed by atoms with van der Waals surface area (Å²) in [5.41, 5.74) is 0.648. The van der Waals surface area contributed by atoms with Crippen LogP contribution in [0.5, 0.6) is 0 Å². The molecule has 0 unspecified atom stereocenters. The second kappa shape index (κ2) is 6.48. The van der Waals surface area contributed by atoms with Crippen LogP contribution >= 0.6 is 0 Å². The SMILES string of the molecule is O=C(CC(=O)c1ccccc1)CC1CCCCC1. The van der Waals surface area contributed by atoms with Crippen LogP contribution in [0, 0.1) is 5.92 Å². The molecule has 1 aliphatic rings. The Kier molecular flexibility index (Phi) is 4.68. The summed E-state index contributed by atoms with van der Waals surface area (Å²) in [5, 5.41) is 0. The minimum atomic E-state index is -0.0450. The molecule has 0 radical (unpaired) electrons. The summed E-state index contributed by atoms with van der Waals surface area (Å²) in [5.74, 6) is 0.585. The van der Waals surface area contributed by atoms with Gasteiger partial charge in [0.25, 0.3) is 0 Å². The Hall–Kier alpha value is -1.44. The van der Waals surface area contributed by atoms with Crippen molar-refractivity contribution < 1.29 is 9.59 Å². The van der Waals surface area contributed by atoms with E-state index in [-0.39, 0.29) is 18.0 Å². The number of hydrogen-bond acceptors (Lipinski definition) is 2. The third-order valence-corrected chi connectivity index (χ3v) is 3.69. The molecule has 2 rings (SSSR count). The topological polar surface area (TPSA) is 34.1 Å². The molecule has 18 heavy (non-hydrogen) atoms. The lowest BCUT2D eigenvalue weighted by Gasteiger charge is -2.20. The second-order valence-corrected chi connectivity index (χ2v) is 5.21. The quantitative estimate of drug-likeness (QED) is 0.583. The van der Waals surface area contributed by atoms with E-state index in [0.717, 1.165) is 12.8 Å². The van der Waals surface area contributed by atoms with Crippen molar-refractivity contribution in [3.63, 3.8) is 0 Å². The van der Waals surface area contributed by atoms with Crippen molar-refractivity contribution in [1.82, 2.24) is 0 Å². The minimum absolute atomic E-state index is 0.0450. The zero-order valence-electron chi connectivity index (χ0n) is 10.7. The molecule has 0 heterocycles. The Morgan fingerprint density at radius 2 is 1.67 bits per heavy atom. The normalized spacial score (nSPS) is 16.4. The molecule has 0 N–H and O–H groups in total. The van der Waals surface area contributed by atoms with E-state index in [4.69, 9.17) is 0 Å². The average molecular weight is 244 g/mol. The van der Waals surface area contributed by atoms with Gasteiger partial charge in [-0.15, -0.1) is 0 Å². The number of carbonyl (C=O) groups is 2. The van der Waals surface area contributed by atoms with E-state index in [1.165, 1.54) is 19.3 Å². The molecule has 2 heteroatoms. The van der Waals surface area contributed by atoms with Gasteiger partial charge in [-0.2, -0.15) is 0 Å². The first-order valence-electron chi connectivity index (χ1n) is 6.85. The Balaban J connectivity index is 1.82. The van der Waals surface area contributed by atoms with Crippen LogP contribution in [0.1, 0.15) is 55.3 Å². The Morgan fingerprint density at radius 3 is 2.33 bits per heavy atom. The predicted molar refractivity (Wildman–Crippen MR) is 71.6 cm³/mol. The maximum Gasteiger partial charge on any atom is 0.170 e. The van der Waals surface area contributed by atoms with E-state index in [1.54, 1.807) is 12.1 Å². The smallest absolute Gasteiger partial charge is 0.170 e. The minimum Gasteiger partial charge on any atom is -0.299 e. The zero-order valence-corrected chi connectivity index (χ0v) is 10.7. The molecule has 0 bridgehead atoms. The van der Waals surface area contributed by atoms with Crippen LogP contribution in [0.25, 0.3) is 0 Å². The van der Waals surface area contributed by atoms with Gasteiger partial charge in [0.15, 0.2) is 5.78 Å². The first kappa shape index (κ1) is 13.0. The van der Waals surface area contributed by atoms with Gasteiger partial charge >= 0.3 is 0 Å². The van der Waals surface area contributed by atoms with Crippen LogP contribution in [-0.2, 0) is 4.79 Å². The summed E-state index contributed by atoms with van der Waals surface area (Å²) in [6.45, 7) is 0. The lowest BCUT2D eigenvalue weighted by atomic mass is 9.85. The van der Waals surface area contributed by atoms with Crippen molar-refractivity contribution in [2.24, 2.45) is 5.92 Å². The van der Waals surface area contributed by atoms with Crippen molar-refractivity contribution >= 4 is 11.6 Å². The third kappa shape index (κ3) is 3.80. The highest BCUT2D eigenvalue weighted by Crippen LogP contribution is 2.26. The number of ketones is 2. The first-order chi connectivity index (χ1) is 8.75. The molecule has 0 amide bonds. The molecule has 1 aromatic rings. The summed E-state index contributed by atoms with van der Waals surface area (Å²) in [6.07, 6.45) is 6.76. The highest BCUT2D eigenvalue weighted by molar-refractivity contribution is 6.07. The third-order valence-electron chi connectivity index (χ3n) is 3.69. The van der Waals surface area contributed by atoms with Crippen molar-refractivity contribution in [3.05, 3.63) is 35.9 Å². The van der Waals surface area contributed by atoms with Gasteiger partial charge < -0.3 is 0 Å². The fourth-order valence-electron chi connectivity index (χ4n) is 2.69. The van der Waals surface area contributed by atoms with Gasteiger partial charge in [-0.05, 0) is 5.92 Å². The lowest BCUT2D eigenvalue weighted by molar-refractivity contribution is -0.119. The van der Waals surface area contributed by atoms with Crippen LogP contribution in [0.2, 0.25) is 0 Å². The predicted octanol–water partition coefficient (Wildman–Crippen LogP) is 3.80. The van der Waals surface area contributed by atoms with Crippen LogP contribution in [0.4, 0.5) is 0 Å². The fourth-order valence-corrected chi connectivity index (χ4v) is 2.69. The van der Waals surface area contributed by atoms with Gasteiger partial charge in [-0.3, -0.25) is 9.59 Å². The molecule has 1 saturated carbocycles. The molecule has 2 nitrogen and oxygen atoms in total. The highest BCUT2D eigenvalue weighted by Gasteiger charge is 2.19. The molecule has 0 spiro atoms. The summed E-state index contributed by atoms with van der Waals surface area (Å²) < 4.78 is 0. The number of hydrogen-bond donors (Lipinski definition) is 0. The first-order valence-corrected chi connectivity index (χ1v) is 6.85. The number of carbonyl (C=O) groups excluding carboxylic acids is 2. The van der Waals surface area contributed by atoms with Gasteiger partial charge in [-0.1, -0.05) is 62.4 Å². The molecule has 0 saturated heterocycles. The van der Waals surface area contributed by atoms with Crippen molar-refractivity contribution in [1.29, 1.82) is 0 Å². The van der Waals surface area contributed by atoms with E-state index in [9.17, 15) is 9.59 Å². The van der Waals surface area contributed by atoms with E-state index in [1.807, 2.05) is 18.2 Å². The van der Waals surface area contributed by atoms with Gasteiger partial charge in [0.2, 0.25) is 0 Å². The highest BCUT2D eigenvalue weighted by atomic mass is 16.1. The molecule has 0 aromatic heterocycles. The number of benzene rings is 1. The summed E-state index contributed by atoms with van der Waals surface area (Å²) in [6, 6.07) is 9.09. The Bertz CT molecular complexity index is 402. The molecule has 0 atom stereocenters. The molecule has 96 valence electrons. The number of Topliss-reactive ketones (excluding diaryl/α,β-unsaturated/α-hetero) is 2. The van der Waals surface area contributed by atoms with Crippen LogP contribution in [0.15, 0.2) is 30.3 Å². The van der Waals surface area contributed by atoms with Crippen molar-refractivity contribution in [3.8, 4) is 0 Å². The van der Waals surface area contributed by atoms with Gasteiger partial charge in [-0.25, -0.2) is 0 Å². The van der Waals surface area contributed by atoms with E-state index < -0.39 is 0 Å². The molecule has 0 aliphatic heterocycles. The van der Waals surface area contributed by atoms with Crippen LogP contribution in [-0.4, -0.2) is 11.6 Å². The average Bonchev–Trinajstić information content (AvgIpc) is 2.40. The van der Waals surface area contributed by atoms with E-state index >= 15 is 0 Å². The summed E-state index contributed by atoms with van der Waals surface area (Å²) >= 11 is 0. The molecular formula is C16H20O2. The standard InChI is InChI=1S/C16H20O2/c17-15(11-13-7-3-1-4-8-13)12-16(18)14-9-5-2-6-10-14/h2,5-6,9-10,13H,1,3-4,7-8,11-12H2. The largest absolute Gasteiger partial charge is 0.299 e. The lowest BCUT2D eigenvalue weighted by Crippen LogP contribution is -2.15. The van der Waals surface area contributed by atoms with E-state index in [2.05, 4.69) is 0 Å². The molecule has 1 aromatic carbocycles. The summed E-state index contributed by atoms with van der Waals surface area (Å²) in [4.78, 5) is 23.8. The fraction of sp³-hybridized carbons (Fsp3) is 0.500. The van der Waals surface area contributed by atoms with Gasteiger partial charge in [0, 0.05) is 12.0 Å². The van der Waals surface area contributed by atoms with E-state index in [0.29, 0.717) is 17.9 Å². The van der Waals surface area contributed by atoms with Crippen LogP contribution in [0.3, 0.4) is 0 Å².